The Bertz CT molecular complexity index is 632. The lowest BCUT2D eigenvalue weighted by molar-refractivity contribution is 0.565. The number of fused-ring (bicyclic) bond motifs is 1. The van der Waals surface area contributed by atoms with Crippen LogP contribution in [0.15, 0.2) is 36.4 Å². The Morgan fingerprint density at radius 3 is 2.38 bits per heavy atom. The van der Waals surface area contributed by atoms with Crippen LogP contribution in [-0.4, -0.2) is 6.54 Å². The maximum Gasteiger partial charge on any atom is 0.149 e. The van der Waals surface area contributed by atoms with Crippen molar-refractivity contribution in [2.75, 3.05) is 11.4 Å². The predicted molar refractivity (Wildman–Crippen MR) is 80.1 cm³/mol. The standard InChI is InChI=1S/C17H18F2N2/c18-15-8-12(10-20)9-16(19)17(15)21-7-3-6-13-4-1-2-5-14(13)11-21/h1-2,4-5,8-9H,3,6-7,10-11,20H2. The van der Waals surface area contributed by atoms with E-state index in [1.165, 1.54) is 17.7 Å². The fourth-order valence-electron chi connectivity index (χ4n) is 2.93. The van der Waals surface area contributed by atoms with Crippen LogP contribution in [0.3, 0.4) is 0 Å². The Kier molecular flexibility index (Phi) is 3.88. The van der Waals surface area contributed by atoms with E-state index in [9.17, 15) is 8.78 Å². The maximum atomic E-state index is 14.3. The highest BCUT2D eigenvalue weighted by Gasteiger charge is 2.21. The molecule has 0 saturated carbocycles. The van der Waals surface area contributed by atoms with Gasteiger partial charge >= 0.3 is 0 Å². The lowest BCUT2D eigenvalue weighted by Crippen LogP contribution is -2.25. The molecule has 0 aromatic heterocycles. The molecular formula is C17H18F2N2. The smallest absolute Gasteiger partial charge is 0.149 e. The van der Waals surface area contributed by atoms with Crippen LogP contribution in [0.4, 0.5) is 14.5 Å². The molecule has 0 unspecified atom stereocenters. The fraction of sp³-hybridized carbons (Fsp3) is 0.294. The summed E-state index contributed by atoms with van der Waals surface area (Å²) in [6.07, 6.45) is 1.82. The molecule has 0 amide bonds. The van der Waals surface area contributed by atoms with Crippen molar-refractivity contribution < 1.29 is 8.78 Å². The summed E-state index contributed by atoms with van der Waals surface area (Å²) in [5.74, 6) is -1.07. The van der Waals surface area contributed by atoms with Gasteiger partial charge in [0.25, 0.3) is 0 Å². The number of anilines is 1. The van der Waals surface area contributed by atoms with Gasteiger partial charge in [-0.25, -0.2) is 8.78 Å². The minimum Gasteiger partial charge on any atom is -0.362 e. The quantitative estimate of drug-likeness (QED) is 0.918. The van der Waals surface area contributed by atoms with E-state index in [0.717, 1.165) is 18.4 Å². The van der Waals surface area contributed by atoms with Gasteiger partial charge in [0, 0.05) is 19.6 Å². The van der Waals surface area contributed by atoms with Crippen molar-refractivity contribution in [1.29, 1.82) is 0 Å². The average Bonchev–Trinajstić information content (AvgIpc) is 2.68. The first-order valence-electron chi connectivity index (χ1n) is 7.18. The molecule has 0 saturated heterocycles. The molecule has 1 heterocycles. The van der Waals surface area contributed by atoms with Gasteiger partial charge in [0.2, 0.25) is 0 Å². The Labute approximate surface area is 123 Å². The molecule has 2 aromatic carbocycles. The van der Waals surface area contributed by atoms with Crippen molar-refractivity contribution in [3.63, 3.8) is 0 Å². The van der Waals surface area contributed by atoms with Gasteiger partial charge in [-0.1, -0.05) is 24.3 Å². The van der Waals surface area contributed by atoms with Gasteiger partial charge in [0.05, 0.1) is 0 Å². The Hall–Kier alpha value is -1.94. The van der Waals surface area contributed by atoms with Gasteiger partial charge in [-0.15, -0.1) is 0 Å². The van der Waals surface area contributed by atoms with Gasteiger partial charge in [0.1, 0.15) is 17.3 Å². The average molecular weight is 288 g/mol. The van der Waals surface area contributed by atoms with Crippen LogP contribution in [0.1, 0.15) is 23.1 Å². The third-order valence-electron chi connectivity index (χ3n) is 3.98. The molecule has 0 fully saturated rings. The second kappa shape index (κ2) is 5.82. The van der Waals surface area contributed by atoms with Gasteiger partial charge in [-0.2, -0.15) is 0 Å². The van der Waals surface area contributed by atoms with Crippen molar-refractivity contribution in [2.45, 2.75) is 25.9 Å². The predicted octanol–water partition coefficient (Wildman–Crippen LogP) is 3.38. The zero-order valence-corrected chi connectivity index (χ0v) is 11.8. The molecule has 0 bridgehead atoms. The molecule has 1 aliphatic heterocycles. The van der Waals surface area contributed by atoms with E-state index in [1.807, 2.05) is 18.2 Å². The van der Waals surface area contributed by atoms with Crippen LogP contribution in [0, 0.1) is 11.6 Å². The fourth-order valence-corrected chi connectivity index (χ4v) is 2.93. The van der Waals surface area contributed by atoms with Gasteiger partial charge < -0.3 is 10.6 Å². The summed E-state index contributed by atoms with van der Waals surface area (Å²) in [5, 5.41) is 0. The van der Waals surface area contributed by atoms with Gasteiger partial charge in [-0.05, 0) is 41.7 Å². The highest BCUT2D eigenvalue weighted by Crippen LogP contribution is 2.29. The highest BCUT2D eigenvalue weighted by molar-refractivity contribution is 5.52. The number of hydrogen-bond acceptors (Lipinski definition) is 2. The van der Waals surface area contributed by atoms with E-state index in [1.54, 1.807) is 4.90 Å². The van der Waals surface area contributed by atoms with E-state index < -0.39 is 11.6 Å². The Morgan fingerprint density at radius 1 is 1.05 bits per heavy atom. The molecule has 0 atom stereocenters. The van der Waals surface area contributed by atoms with Crippen molar-refractivity contribution >= 4 is 5.69 Å². The zero-order chi connectivity index (χ0) is 14.8. The van der Waals surface area contributed by atoms with Crippen molar-refractivity contribution in [3.05, 3.63) is 64.7 Å². The minimum atomic E-state index is -0.533. The SMILES string of the molecule is NCc1cc(F)c(N2CCCc3ccccc3C2)c(F)c1. The van der Waals surface area contributed by atoms with E-state index in [-0.39, 0.29) is 12.2 Å². The summed E-state index contributed by atoms with van der Waals surface area (Å²) in [7, 11) is 0. The first-order chi connectivity index (χ1) is 10.2. The number of benzene rings is 2. The largest absolute Gasteiger partial charge is 0.362 e. The Balaban J connectivity index is 1.98. The van der Waals surface area contributed by atoms with Crippen molar-refractivity contribution in [3.8, 4) is 0 Å². The van der Waals surface area contributed by atoms with E-state index >= 15 is 0 Å². The topological polar surface area (TPSA) is 29.3 Å². The Morgan fingerprint density at radius 2 is 1.71 bits per heavy atom. The summed E-state index contributed by atoms with van der Waals surface area (Å²) in [6, 6.07) is 10.7. The first-order valence-corrected chi connectivity index (χ1v) is 7.18. The lowest BCUT2D eigenvalue weighted by Gasteiger charge is -2.24. The molecule has 0 aliphatic carbocycles. The number of halogens is 2. The van der Waals surface area contributed by atoms with Crippen LogP contribution < -0.4 is 10.6 Å². The number of aryl methyl sites for hydroxylation is 1. The lowest BCUT2D eigenvalue weighted by atomic mass is 10.0. The molecule has 21 heavy (non-hydrogen) atoms. The van der Waals surface area contributed by atoms with Crippen molar-refractivity contribution in [1.82, 2.24) is 0 Å². The highest BCUT2D eigenvalue weighted by atomic mass is 19.1. The molecule has 1 aliphatic rings. The molecule has 0 spiro atoms. The summed E-state index contributed by atoms with van der Waals surface area (Å²) in [6.45, 7) is 1.31. The third kappa shape index (κ3) is 2.76. The maximum absolute atomic E-state index is 14.3. The van der Waals surface area contributed by atoms with E-state index in [4.69, 9.17) is 5.73 Å². The minimum absolute atomic E-state index is 0.0592. The van der Waals surface area contributed by atoms with Crippen LogP contribution in [0.25, 0.3) is 0 Å². The molecule has 0 radical (unpaired) electrons. The molecule has 3 rings (SSSR count). The zero-order valence-electron chi connectivity index (χ0n) is 11.8. The van der Waals surface area contributed by atoms with Crippen LogP contribution in [0.2, 0.25) is 0 Å². The molecule has 2 aromatic rings. The van der Waals surface area contributed by atoms with Crippen LogP contribution >= 0.6 is 0 Å². The summed E-state index contributed by atoms with van der Waals surface area (Å²) >= 11 is 0. The summed E-state index contributed by atoms with van der Waals surface area (Å²) in [4.78, 5) is 1.79. The van der Waals surface area contributed by atoms with E-state index in [2.05, 4.69) is 6.07 Å². The molecule has 2 nitrogen and oxygen atoms in total. The number of nitrogens with two attached hydrogens (primary N) is 1. The van der Waals surface area contributed by atoms with Crippen molar-refractivity contribution in [2.24, 2.45) is 5.73 Å². The number of rotatable bonds is 2. The number of nitrogens with zero attached hydrogens (tertiary/aromatic N) is 1. The summed E-state index contributed by atoms with van der Waals surface area (Å²) < 4.78 is 28.5. The van der Waals surface area contributed by atoms with Gasteiger partial charge in [-0.3, -0.25) is 0 Å². The molecule has 2 N–H and O–H groups in total. The van der Waals surface area contributed by atoms with E-state index in [0.29, 0.717) is 18.7 Å². The van der Waals surface area contributed by atoms with Crippen LogP contribution in [0.5, 0.6) is 0 Å². The second-order valence-corrected chi connectivity index (χ2v) is 5.41. The molecule has 110 valence electrons. The molecule has 4 heteroatoms. The molecular weight excluding hydrogens is 270 g/mol. The normalized spacial score (nSPS) is 14.7. The van der Waals surface area contributed by atoms with Crippen LogP contribution in [-0.2, 0) is 19.5 Å². The second-order valence-electron chi connectivity index (χ2n) is 5.41. The monoisotopic (exact) mass is 288 g/mol. The number of hydrogen-bond donors (Lipinski definition) is 1. The third-order valence-corrected chi connectivity index (χ3v) is 3.98. The first kappa shape index (κ1) is 14.0. The van der Waals surface area contributed by atoms with Gasteiger partial charge in [0.15, 0.2) is 0 Å². The summed E-state index contributed by atoms with van der Waals surface area (Å²) in [5.41, 5.74) is 8.39.